The molecule has 0 aliphatic carbocycles. The minimum Gasteiger partial charge on any atom is -0.396 e. The molecule has 0 spiro atoms. The van der Waals surface area contributed by atoms with Crippen molar-refractivity contribution < 1.29 is 5.11 Å². The topological polar surface area (TPSA) is 33.1 Å². The maximum absolute atomic E-state index is 8.90. The highest BCUT2D eigenvalue weighted by Gasteiger charge is 2.07. The Morgan fingerprint density at radius 2 is 2.12 bits per heavy atom. The van der Waals surface area contributed by atoms with E-state index in [2.05, 4.69) is 18.0 Å². The average Bonchev–Trinajstić information content (AvgIpc) is 2.30. The van der Waals surface area contributed by atoms with Gasteiger partial charge in [0.15, 0.2) is 0 Å². The normalized spacial score (nSPS) is 12.9. The number of aliphatic hydroxyl groups excluding tert-OH is 1. The number of aliphatic hydroxyl groups is 1. The fourth-order valence-corrected chi connectivity index (χ4v) is 2.73. The third-order valence-electron chi connectivity index (χ3n) is 2.47. The molecule has 1 atom stereocenters. The molecule has 3 heteroatoms. The summed E-state index contributed by atoms with van der Waals surface area (Å²) in [5, 5.41) is 10.5. The first-order chi connectivity index (χ1) is 7.81. The average molecular weight is 233 g/mol. The van der Waals surface area contributed by atoms with Gasteiger partial charge in [0, 0.05) is 28.3 Å². The number of nitrogens with zero attached hydrogens (tertiary/aromatic N) is 1. The molecule has 0 saturated carbocycles. The van der Waals surface area contributed by atoms with Crippen molar-refractivity contribution in [2.24, 2.45) is 0 Å². The largest absolute Gasteiger partial charge is 0.396 e. The zero-order chi connectivity index (χ0) is 11.4. The lowest BCUT2D eigenvalue weighted by Gasteiger charge is -2.11. The summed E-state index contributed by atoms with van der Waals surface area (Å²) >= 11 is 1.80. The molecule has 1 N–H and O–H groups in total. The molecular formula is C13H15NOS. The van der Waals surface area contributed by atoms with Crippen LogP contribution in [0.5, 0.6) is 0 Å². The van der Waals surface area contributed by atoms with Crippen LogP contribution in [0.15, 0.2) is 41.4 Å². The van der Waals surface area contributed by atoms with E-state index < -0.39 is 0 Å². The Kier molecular flexibility index (Phi) is 3.80. The van der Waals surface area contributed by atoms with Gasteiger partial charge in [-0.05, 0) is 18.6 Å². The lowest BCUT2D eigenvalue weighted by Crippen LogP contribution is -1.99. The lowest BCUT2D eigenvalue weighted by molar-refractivity contribution is 0.289. The van der Waals surface area contributed by atoms with E-state index >= 15 is 0 Å². The highest BCUT2D eigenvalue weighted by molar-refractivity contribution is 8.00. The van der Waals surface area contributed by atoms with Crippen molar-refractivity contribution in [1.29, 1.82) is 0 Å². The highest BCUT2D eigenvalue weighted by atomic mass is 32.2. The standard InChI is InChI=1S/C13H15NOS/c1-10(7-9-15)16-13-6-8-14-12-5-3-2-4-11(12)13/h2-6,8,10,15H,7,9H2,1H3. The van der Waals surface area contributed by atoms with Crippen molar-refractivity contribution in [2.75, 3.05) is 6.61 Å². The molecule has 0 aliphatic rings. The van der Waals surface area contributed by atoms with E-state index in [0.29, 0.717) is 5.25 Å². The number of hydrogen-bond acceptors (Lipinski definition) is 3. The van der Waals surface area contributed by atoms with Gasteiger partial charge >= 0.3 is 0 Å². The van der Waals surface area contributed by atoms with Crippen LogP contribution >= 0.6 is 11.8 Å². The molecule has 0 bridgehead atoms. The van der Waals surface area contributed by atoms with Gasteiger partial charge in [0.2, 0.25) is 0 Å². The van der Waals surface area contributed by atoms with Crippen molar-refractivity contribution in [3.63, 3.8) is 0 Å². The second-order valence-electron chi connectivity index (χ2n) is 3.77. The number of benzene rings is 1. The number of para-hydroxylation sites is 1. The van der Waals surface area contributed by atoms with Crippen LogP contribution in [0.2, 0.25) is 0 Å². The fourth-order valence-electron chi connectivity index (χ4n) is 1.63. The molecule has 84 valence electrons. The van der Waals surface area contributed by atoms with Crippen molar-refractivity contribution >= 4 is 22.7 Å². The van der Waals surface area contributed by atoms with Crippen LogP contribution in [0, 0.1) is 0 Å². The number of hydrogen-bond donors (Lipinski definition) is 1. The van der Waals surface area contributed by atoms with Crippen LogP contribution in [0.3, 0.4) is 0 Å². The van der Waals surface area contributed by atoms with Gasteiger partial charge in [0.1, 0.15) is 0 Å². The first-order valence-corrected chi connectivity index (χ1v) is 6.30. The molecule has 0 radical (unpaired) electrons. The Morgan fingerprint density at radius 1 is 1.31 bits per heavy atom. The molecule has 2 rings (SSSR count). The Morgan fingerprint density at radius 3 is 2.94 bits per heavy atom. The monoisotopic (exact) mass is 233 g/mol. The zero-order valence-corrected chi connectivity index (χ0v) is 10.1. The Bertz CT molecular complexity index is 467. The van der Waals surface area contributed by atoms with Crippen molar-refractivity contribution in [3.05, 3.63) is 36.5 Å². The number of fused-ring (bicyclic) bond motifs is 1. The molecule has 2 nitrogen and oxygen atoms in total. The zero-order valence-electron chi connectivity index (χ0n) is 9.26. The van der Waals surface area contributed by atoms with Crippen LogP contribution in [0.1, 0.15) is 13.3 Å². The summed E-state index contributed by atoms with van der Waals surface area (Å²) in [6.07, 6.45) is 2.66. The predicted molar refractivity (Wildman–Crippen MR) is 68.8 cm³/mol. The molecule has 1 heterocycles. The van der Waals surface area contributed by atoms with E-state index in [1.807, 2.05) is 30.5 Å². The second kappa shape index (κ2) is 5.32. The number of pyridine rings is 1. The van der Waals surface area contributed by atoms with Gasteiger partial charge in [-0.3, -0.25) is 4.98 Å². The third kappa shape index (κ3) is 2.54. The van der Waals surface area contributed by atoms with E-state index in [9.17, 15) is 0 Å². The summed E-state index contributed by atoms with van der Waals surface area (Å²) in [7, 11) is 0. The Labute approximate surface area is 99.7 Å². The van der Waals surface area contributed by atoms with Gasteiger partial charge in [0.05, 0.1) is 5.52 Å². The summed E-state index contributed by atoms with van der Waals surface area (Å²) in [4.78, 5) is 5.57. The molecule has 0 aliphatic heterocycles. The number of thioether (sulfide) groups is 1. The van der Waals surface area contributed by atoms with Gasteiger partial charge in [-0.15, -0.1) is 11.8 Å². The fraction of sp³-hybridized carbons (Fsp3) is 0.308. The number of aromatic nitrogens is 1. The summed E-state index contributed by atoms with van der Waals surface area (Å²) in [6.45, 7) is 2.38. The smallest absolute Gasteiger partial charge is 0.0713 e. The maximum atomic E-state index is 8.90. The molecule has 1 aromatic heterocycles. The highest BCUT2D eigenvalue weighted by Crippen LogP contribution is 2.30. The summed E-state index contributed by atoms with van der Waals surface area (Å²) < 4.78 is 0. The summed E-state index contributed by atoms with van der Waals surface area (Å²) in [6, 6.07) is 10.2. The second-order valence-corrected chi connectivity index (χ2v) is 5.25. The number of rotatable bonds is 4. The lowest BCUT2D eigenvalue weighted by atomic mass is 10.2. The minimum atomic E-state index is 0.247. The van der Waals surface area contributed by atoms with Gasteiger partial charge in [-0.25, -0.2) is 0 Å². The first-order valence-electron chi connectivity index (χ1n) is 5.42. The van der Waals surface area contributed by atoms with E-state index in [1.165, 1.54) is 10.3 Å². The van der Waals surface area contributed by atoms with Crippen LogP contribution < -0.4 is 0 Å². The molecule has 2 aromatic rings. The van der Waals surface area contributed by atoms with Gasteiger partial charge in [-0.2, -0.15) is 0 Å². The van der Waals surface area contributed by atoms with E-state index in [-0.39, 0.29) is 6.61 Å². The van der Waals surface area contributed by atoms with Gasteiger partial charge in [-0.1, -0.05) is 25.1 Å². The van der Waals surface area contributed by atoms with Crippen molar-refractivity contribution in [1.82, 2.24) is 4.98 Å². The van der Waals surface area contributed by atoms with Gasteiger partial charge < -0.3 is 5.11 Å². The Hall–Kier alpha value is -1.06. The minimum absolute atomic E-state index is 0.247. The van der Waals surface area contributed by atoms with E-state index in [4.69, 9.17) is 5.11 Å². The Balaban J connectivity index is 2.30. The van der Waals surface area contributed by atoms with Crippen molar-refractivity contribution in [3.8, 4) is 0 Å². The van der Waals surface area contributed by atoms with Crippen molar-refractivity contribution in [2.45, 2.75) is 23.5 Å². The SMILES string of the molecule is CC(CCO)Sc1ccnc2ccccc12. The predicted octanol–water partition coefficient (Wildman–Crippen LogP) is 3.10. The first kappa shape index (κ1) is 11.4. The molecule has 1 aromatic carbocycles. The van der Waals surface area contributed by atoms with E-state index in [1.54, 1.807) is 11.8 Å². The summed E-state index contributed by atoms with van der Waals surface area (Å²) in [5.41, 5.74) is 1.03. The molecular weight excluding hydrogens is 218 g/mol. The van der Waals surface area contributed by atoms with Crippen LogP contribution in [-0.2, 0) is 0 Å². The third-order valence-corrected chi connectivity index (χ3v) is 3.72. The van der Waals surface area contributed by atoms with Crippen LogP contribution in [-0.4, -0.2) is 21.9 Å². The molecule has 0 saturated heterocycles. The van der Waals surface area contributed by atoms with E-state index in [0.717, 1.165) is 11.9 Å². The maximum Gasteiger partial charge on any atom is 0.0713 e. The molecule has 0 amide bonds. The van der Waals surface area contributed by atoms with Gasteiger partial charge in [0.25, 0.3) is 0 Å². The summed E-state index contributed by atoms with van der Waals surface area (Å²) in [5.74, 6) is 0. The molecule has 16 heavy (non-hydrogen) atoms. The molecule has 1 unspecified atom stereocenters. The molecule has 0 fully saturated rings. The van der Waals surface area contributed by atoms with Crippen LogP contribution in [0.4, 0.5) is 0 Å². The van der Waals surface area contributed by atoms with Crippen LogP contribution in [0.25, 0.3) is 10.9 Å². The quantitative estimate of drug-likeness (QED) is 0.824.